The van der Waals surface area contributed by atoms with Crippen molar-refractivity contribution in [1.29, 1.82) is 0 Å². The fraction of sp³-hybridized carbons (Fsp3) is 0.231. The first kappa shape index (κ1) is 13.9. The van der Waals surface area contributed by atoms with E-state index >= 15 is 0 Å². The van der Waals surface area contributed by atoms with E-state index in [-0.39, 0.29) is 25.1 Å². The summed E-state index contributed by atoms with van der Waals surface area (Å²) < 4.78 is 13.0. The van der Waals surface area contributed by atoms with Gasteiger partial charge in [0.25, 0.3) is 5.91 Å². The molecule has 0 radical (unpaired) electrons. The maximum Gasteiger partial charge on any atom is 0.305 e. The lowest BCUT2D eigenvalue weighted by molar-refractivity contribution is -0.137. The summed E-state index contributed by atoms with van der Waals surface area (Å²) in [6, 6.07) is 5.29. The van der Waals surface area contributed by atoms with Gasteiger partial charge in [0.2, 0.25) is 0 Å². The van der Waals surface area contributed by atoms with Crippen LogP contribution in [0.5, 0.6) is 0 Å². The number of aliphatic carboxylic acids is 1. The van der Waals surface area contributed by atoms with Crippen molar-refractivity contribution in [1.82, 2.24) is 4.90 Å². The molecule has 0 aliphatic heterocycles. The van der Waals surface area contributed by atoms with E-state index in [2.05, 4.69) is 6.58 Å². The van der Waals surface area contributed by atoms with Gasteiger partial charge in [-0.2, -0.15) is 0 Å². The average molecular weight is 251 g/mol. The molecule has 0 heterocycles. The van der Waals surface area contributed by atoms with Crippen LogP contribution in [0.2, 0.25) is 0 Å². The SMILES string of the molecule is C=CCN(CCC(=O)O)C(=O)c1cccc(F)c1. The van der Waals surface area contributed by atoms with E-state index in [0.717, 1.165) is 6.07 Å². The first-order valence-corrected chi connectivity index (χ1v) is 5.42. The van der Waals surface area contributed by atoms with E-state index in [1.54, 1.807) is 0 Å². The van der Waals surface area contributed by atoms with Crippen LogP contribution in [0.25, 0.3) is 0 Å². The van der Waals surface area contributed by atoms with Crippen LogP contribution >= 0.6 is 0 Å². The standard InChI is InChI=1S/C13H14FNO3/c1-2-7-15(8-6-12(16)17)13(18)10-4-3-5-11(14)9-10/h2-5,9H,1,6-8H2,(H,16,17). The number of carboxylic acids is 1. The number of carbonyl (C=O) groups excluding carboxylic acids is 1. The number of amides is 1. The summed E-state index contributed by atoms with van der Waals surface area (Å²) in [7, 11) is 0. The molecule has 1 rings (SSSR count). The summed E-state index contributed by atoms with van der Waals surface area (Å²) in [5, 5.41) is 8.60. The van der Waals surface area contributed by atoms with Crippen molar-refractivity contribution in [3.8, 4) is 0 Å². The first-order chi connectivity index (χ1) is 8.54. The van der Waals surface area contributed by atoms with E-state index in [0.29, 0.717) is 0 Å². The van der Waals surface area contributed by atoms with Crippen LogP contribution in [-0.4, -0.2) is 35.0 Å². The molecule has 18 heavy (non-hydrogen) atoms. The minimum Gasteiger partial charge on any atom is -0.481 e. The van der Waals surface area contributed by atoms with Crippen molar-refractivity contribution < 1.29 is 19.1 Å². The van der Waals surface area contributed by atoms with E-state index < -0.39 is 17.7 Å². The van der Waals surface area contributed by atoms with Crippen LogP contribution in [0.4, 0.5) is 4.39 Å². The Bertz CT molecular complexity index is 459. The zero-order chi connectivity index (χ0) is 13.5. The molecule has 0 unspecified atom stereocenters. The van der Waals surface area contributed by atoms with Gasteiger partial charge in [-0.3, -0.25) is 9.59 Å². The highest BCUT2D eigenvalue weighted by atomic mass is 19.1. The fourth-order valence-electron chi connectivity index (χ4n) is 1.47. The molecule has 1 aromatic rings. The third kappa shape index (κ3) is 4.01. The Hall–Kier alpha value is -2.17. The Labute approximate surface area is 104 Å². The smallest absolute Gasteiger partial charge is 0.305 e. The lowest BCUT2D eigenvalue weighted by Crippen LogP contribution is -2.33. The fourth-order valence-corrected chi connectivity index (χ4v) is 1.47. The number of carbonyl (C=O) groups is 2. The Kier molecular flexibility index (Phi) is 5.05. The summed E-state index contributed by atoms with van der Waals surface area (Å²) in [5.41, 5.74) is 0.197. The second kappa shape index (κ2) is 6.54. The highest BCUT2D eigenvalue weighted by molar-refractivity contribution is 5.94. The number of nitrogens with zero attached hydrogens (tertiary/aromatic N) is 1. The maximum absolute atomic E-state index is 13.0. The van der Waals surface area contributed by atoms with Crippen LogP contribution in [0.15, 0.2) is 36.9 Å². The normalized spacial score (nSPS) is 9.83. The van der Waals surface area contributed by atoms with Crippen molar-refractivity contribution in [3.63, 3.8) is 0 Å². The predicted octanol–water partition coefficient (Wildman–Crippen LogP) is 1.93. The molecule has 0 aromatic heterocycles. The molecule has 0 saturated carbocycles. The molecule has 4 nitrogen and oxygen atoms in total. The van der Waals surface area contributed by atoms with Crippen molar-refractivity contribution in [3.05, 3.63) is 48.3 Å². The number of benzene rings is 1. The largest absolute Gasteiger partial charge is 0.481 e. The molecule has 0 saturated heterocycles. The van der Waals surface area contributed by atoms with E-state index in [1.807, 2.05) is 0 Å². The Balaban J connectivity index is 2.81. The van der Waals surface area contributed by atoms with Crippen LogP contribution < -0.4 is 0 Å². The first-order valence-electron chi connectivity index (χ1n) is 5.42. The van der Waals surface area contributed by atoms with Crippen molar-refractivity contribution in [2.24, 2.45) is 0 Å². The van der Waals surface area contributed by atoms with Crippen LogP contribution in [0.1, 0.15) is 16.8 Å². The second-order valence-corrected chi connectivity index (χ2v) is 3.69. The molecule has 1 N–H and O–H groups in total. The van der Waals surface area contributed by atoms with Crippen LogP contribution in [-0.2, 0) is 4.79 Å². The molecule has 0 aliphatic rings. The molecule has 1 amide bonds. The molecular formula is C13H14FNO3. The molecule has 0 aliphatic carbocycles. The predicted molar refractivity (Wildman–Crippen MR) is 64.8 cm³/mol. The summed E-state index contributed by atoms with van der Waals surface area (Å²) in [4.78, 5) is 23.8. The van der Waals surface area contributed by atoms with Crippen molar-refractivity contribution in [2.45, 2.75) is 6.42 Å². The Morgan fingerprint density at radius 3 is 2.72 bits per heavy atom. The molecule has 5 heteroatoms. The van der Waals surface area contributed by atoms with Gasteiger partial charge in [-0.25, -0.2) is 4.39 Å². The minimum absolute atomic E-state index is 0.0662. The van der Waals surface area contributed by atoms with Crippen LogP contribution in [0.3, 0.4) is 0 Å². The van der Waals surface area contributed by atoms with Crippen molar-refractivity contribution in [2.75, 3.05) is 13.1 Å². The highest BCUT2D eigenvalue weighted by Crippen LogP contribution is 2.08. The summed E-state index contributed by atoms with van der Waals surface area (Å²) in [6.07, 6.45) is 1.34. The van der Waals surface area contributed by atoms with E-state index in [4.69, 9.17) is 5.11 Å². The topological polar surface area (TPSA) is 57.6 Å². The Morgan fingerprint density at radius 2 is 2.17 bits per heavy atom. The number of hydrogen-bond donors (Lipinski definition) is 1. The number of rotatable bonds is 6. The zero-order valence-corrected chi connectivity index (χ0v) is 9.80. The second-order valence-electron chi connectivity index (χ2n) is 3.69. The molecule has 0 spiro atoms. The lowest BCUT2D eigenvalue weighted by Gasteiger charge is -2.20. The van der Waals surface area contributed by atoms with Gasteiger partial charge in [0.15, 0.2) is 0 Å². The van der Waals surface area contributed by atoms with Gasteiger partial charge in [-0.15, -0.1) is 6.58 Å². The lowest BCUT2D eigenvalue weighted by atomic mass is 10.2. The maximum atomic E-state index is 13.0. The molecule has 0 fully saturated rings. The third-order valence-electron chi connectivity index (χ3n) is 2.30. The minimum atomic E-state index is -0.990. The highest BCUT2D eigenvalue weighted by Gasteiger charge is 2.15. The molecule has 0 atom stereocenters. The quantitative estimate of drug-likeness (QED) is 0.786. The monoisotopic (exact) mass is 251 g/mol. The Morgan fingerprint density at radius 1 is 1.44 bits per heavy atom. The van der Waals surface area contributed by atoms with E-state index in [1.165, 1.54) is 29.2 Å². The molecular weight excluding hydrogens is 237 g/mol. The van der Waals surface area contributed by atoms with Gasteiger partial charge in [-0.05, 0) is 18.2 Å². The van der Waals surface area contributed by atoms with Crippen LogP contribution in [0, 0.1) is 5.82 Å². The molecule has 96 valence electrons. The average Bonchev–Trinajstić information content (AvgIpc) is 2.33. The zero-order valence-electron chi connectivity index (χ0n) is 9.80. The van der Waals surface area contributed by atoms with Crippen molar-refractivity contribution >= 4 is 11.9 Å². The third-order valence-corrected chi connectivity index (χ3v) is 2.30. The number of hydrogen-bond acceptors (Lipinski definition) is 2. The number of halogens is 1. The molecule has 0 bridgehead atoms. The number of carboxylic acid groups (broad SMARTS) is 1. The summed E-state index contributed by atoms with van der Waals surface area (Å²) >= 11 is 0. The van der Waals surface area contributed by atoms with Gasteiger partial charge in [0.1, 0.15) is 5.82 Å². The summed E-state index contributed by atoms with van der Waals surface area (Å²) in [6.45, 7) is 3.80. The van der Waals surface area contributed by atoms with Gasteiger partial charge in [0, 0.05) is 18.7 Å². The van der Waals surface area contributed by atoms with Gasteiger partial charge in [0.05, 0.1) is 6.42 Å². The van der Waals surface area contributed by atoms with E-state index in [9.17, 15) is 14.0 Å². The van der Waals surface area contributed by atoms with Gasteiger partial charge >= 0.3 is 5.97 Å². The molecule has 1 aromatic carbocycles. The van der Waals surface area contributed by atoms with Gasteiger partial charge < -0.3 is 10.0 Å². The van der Waals surface area contributed by atoms with Gasteiger partial charge in [-0.1, -0.05) is 12.1 Å². The summed E-state index contributed by atoms with van der Waals surface area (Å²) in [5.74, 6) is -1.90.